The van der Waals surface area contributed by atoms with Crippen molar-refractivity contribution >= 4 is 5.91 Å². The summed E-state index contributed by atoms with van der Waals surface area (Å²) in [7, 11) is 0. The molecule has 1 aliphatic carbocycles. The number of aryl methyl sites for hydroxylation is 1. The van der Waals surface area contributed by atoms with E-state index >= 15 is 0 Å². The van der Waals surface area contributed by atoms with Gasteiger partial charge in [0.25, 0.3) is 5.56 Å². The van der Waals surface area contributed by atoms with Gasteiger partial charge in [0.05, 0.1) is 24.2 Å². The maximum absolute atomic E-state index is 13.8. The molecule has 0 bridgehead atoms. The van der Waals surface area contributed by atoms with Crippen molar-refractivity contribution in [3.05, 3.63) is 99.2 Å². The molecule has 1 fully saturated rings. The van der Waals surface area contributed by atoms with Crippen LogP contribution in [0.15, 0.2) is 65.5 Å². The predicted molar refractivity (Wildman–Crippen MR) is 134 cm³/mol. The van der Waals surface area contributed by atoms with Gasteiger partial charge in [0.1, 0.15) is 5.82 Å². The van der Waals surface area contributed by atoms with Crippen molar-refractivity contribution in [2.75, 3.05) is 6.54 Å². The van der Waals surface area contributed by atoms with Crippen molar-refractivity contribution in [1.82, 2.24) is 14.5 Å². The standard InChI is InChI=1S/C29H30F3N3O2/c1-19-33-25-18-34(27(36)22-12-14-23(15-13-22)29(30,31)32)17-16-24(25)28(37)35(19)26(20-8-4-2-5-9-20)21-10-6-3-7-11-21/h2-11,22-23,26H,12-18H2,1H3/t22-,23+. The normalized spacial score (nSPS) is 20.1. The molecular weight excluding hydrogens is 479 g/mol. The maximum atomic E-state index is 13.8. The Morgan fingerprint density at radius 1 is 0.946 bits per heavy atom. The van der Waals surface area contributed by atoms with Crippen LogP contribution in [0, 0.1) is 18.8 Å². The van der Waals surface area contributed by atoms with Crippen LogP contribution < -0.4 is 5.56 Å². The monoisotopic (exact) mass is 509 g/mol. The third-order valence-electron chi connectivity index (χ3n) is 7.78. The van der Waals surface area contributed by atoms with Gasteiger partial charge in [-0.3, -0.25) is 14.2 Å². The molecule has 194 valence electrons. The van der Waals surface area contributed by atoms with Crippen LogP contribution in [0.5, 0.6) is 0 Å². The van der Waals surface area contributed by atoms with Crippen LogP contribution in [-0.4, -0.2) is 33.1 Å². The lowest BCUT2D eigenvalue weighted by atomic mass is 9.81. The highest BCUT2D eigenvalue weighted by Gasteiger charge is 2.43. The average molecular weight is 510 g/mol. The first-order chi connectivity index (χ1) is 17.7. The second-order valence-electron chi connectivity index (χ2n) is 10.1. The van der Waals surface area contributed by atoms with Gasteiger partial charge < -0.3 is 4.90 Å². The number of fused-ring (bicyclic) bond motifs is 1. The Morgan fingerprint density at radius 3 is 2.05 bits per heavy atom. The van der Waals surface area contributed by atoms with E-state index in [1.165, 1.54) is 0 Å². The van der Waals surface area contributed by atoms with Crippen molar-refractivity contribution in [3.63, 3.8) is 0 Å². The number of nitrogens with zero attached hydrogens (tertiary/aromatic N) is 3. The zero-order valence-corrected chi connectivity index (χ0v) is 20.7. The molecule has 0 unspecified atom stereocenters. The Bertz CT molecular complexity index is 1270. The molecule has 1 aliphatic heterocycles. The first kappa shape index (κ1) is 25.2. The molecule has 3 aromatic rings. The zero-order valence-electron chi connectivity index (χ0n) is 20.7. The number of halogens is 3. The third-order valence-corrected chi connectivity index (χ3v) is 7.78. The molecule has 0 saturated heterocycles. The number of hydrogen-bond acceptors (Lipinski definition) is 3. The Labute approximate surface area is 214 Å². The topological polar surface area (TPSA) is 55.2 Å². The van der Waals surface area contributed by atoms with E-state index in [4.69, 9.17) is 4.98 Å². The first-order valence-electron chi connectivity index (χ1n) is 12.8. The van der Waals surface area contributed by atoms with Crippen LogP contribution in [0.1, 0.15) is 59.9 Å². The van der Waals surface area contributed by atoms with E-state index in [-0.39, 0.29) is 49.7 Å². The number of aromatic nitrogens is 2. The molecule has 1 saturated carbocycles. The largest absolute Gasteiger partial charge is 0.391 e. The fourth-order valence-corrected chi connectivity index (χ4v) is 5.80. The van der Waals surface area contributed by atoms with Crippen LogP contribution in [0.3, 0.4) is 0 Å². The van der Waals surface area contributed by atoms with Crippen molar-refractivity contribution in [2.45, 2.75) is 57.8 Å². The number of rotatable bonds is 4. The van der Waals surface area contributed by atoms with E-state index in [0.717, 1.165) is 11.1 Å². The van der Waals surface area contributed by atoms with Crippen molar-refractivity contribution in [2.24, 2.45) is 11.8 Å². The summed E-state index contributed by atoms with van der Waals surface area (Å²) in [6, 6.07) is 19.3. The molecule has 8 heteroatoms. The molecular formula is C29H30F3N3O2. The lowest BCUT2D eigenvalue weighted by molar-refractivity contribution is -0.185. The van der Waals surface area contributed by atoms with E-state index in [2.05, 4.69) is 0 Å². The van der Waals surface area contributed by atoms with E-state index in [1.54, 1.807) is 16.4 Å². The highest BCUT2D eigenvalue weighted by atomic mass is 19.4. The number of alkyl halides is 3. The van der Waals surface area contributed by atoms with Gasteiger partial charge in [-0.1, -0.05) is 60.7 Å². The van der Waals surface area contributed by atoms with Crippen LogP contribution in [-0.2, 0) is 17.8 Å². The summed E-state index contributed by atoms with van der Waals surface area (Å²) >= 11 is 0. The quantitative estimate of drug-likeness (QED) is 0.471. The summed E-state index contributed by atoms with van der Waals surface area (Å²) in [4.78, 5) is 33.5. The van der Waals surface area contributed by atoms with Gasteiger partial charge >= 0.3 is 6.18 Å². The van der Waals surface area contributed by atoms with Gasteiger partial charge in [0.15, 0.2) is 0 Å². The van der Waals surface area contributed by atoms with Crippen LogP contribution in [0.4, 0.5) is 13.2 Å². The highest BCUT2D eigenvalue weighted by molar-refractivity contribution is 5.79. The Morgan fingerprint density at radius 2 is 1.51 bits per heavy atom. The predicted octanol–water partition coefficient (Wildman–Crippen LogP) is 5.44. The molecule has 0 radical (unpaired) electrons. The maximum Gasteiger partial charge on any atom is 0.391 e. The Kier molecular flexibility index (Phi) is 6.92. The van der Waals surface area contributed by atoms with Crippen LogP contribution in [0.2, 0.25) is 0 Å². The lowest BCUT2D eigenvalue weighted by Gasteiger charge is -2.35. The minimum absolute atomic E-state index is 0.00718. The number of hydrogen-bond donors (Lipinski definition) is 0. The van der Waals surface area contributed by atoms with Crippen LogP contribution >= 0.6 is 0 Å². The SMILES string of the molecule is Cc1nc2c(c(=O)n1C(c1ccccc1)c1ccccc1)CCN(C(=O)[C@H]1CC[C@@H](C(F)(F)F)CC1)C2. The molecule has 0 spiro atoms. The van der Waals surface area contributed by atoms with Gasteiger partial charge in [-0.25, -0.2) is 4.98 Å². The number of amides is 1. The van der Waals surface area contributed by atoms with Gasteiger partial charge in [-0.2, -0.15) is 13.2 Å². The lowest BCUT2D eigenvalue weighted by Crippen LogP contribution is -2.45. The first-order valence-corrected chi connectivity index (χ1v) is 12.8. The van der Waals surface area contributed by atoms with E-state index in [1.807, 2.05) is 60.7 Å². The molecule has 5 rings (SSSR count). The van der Waals surface area contributed by atoms with Gasteiger partial charge in [0.2, 0.25) is 5.91 Å². The number of benzene rings is 2. The summed E-state index contributed by atoms with van der Waals surface area (Å²) in [5, 5.41) is 0. The molecule has 2 heterocycles. The smallest absolute Gasteiger partial charge is 0.336 e. The molecule has 0 atom stereocenters. The molecule has 1 aromatic heterocycles. The van der Waals surface area contributed by atoms with Crippen molar-refractivity contribution in [1.29, 1.82) is 0 Å². The third kappa shape index (κ3) is 5.06. The fourth-order valence-electron chi connectivity index (χ4n) is 5.80. The summed E-state index contributed by atoms with van der Waals surface area (Å²) in [6.07, 6.45) is -3.34. The molecule has 37 heavy (non-hydrogen) atoms. The van der Waals surface area contributed by atoms with Gasteiger partial charge in [0, 0.05) is 18.0 Å². The molecule has 1 amide bonds. The highest BCUT2D eigenvalue weighted by Crippen LogP contribution is 2.40. The molecule has 5 nitrogen and oxygen atoms in total. The number of carbonyl (C=O) groups is 1. The van der Waals surface area contributed by atoms with Crippen molar-refractivity contribution < 1.29 is 18.0 Å². The van der Waals surface area contributed by atoms with Gasteiger partial charge in [-0.05, 0) is 50.2 Å². The Balaban J connectivity index is 1.41. The summed E-state index contributed by atoms with van der Waals surface area (Å²) in [6.45, 7) is 2.39. The van der Waals surface area contributed by atoms with Crippen molar-refractivity contribution in [3.8, 4) is 0 Å². The van der Waals surface area contributed by atoms with Gasteiger partial charge in [-0.15, -0.1) is 0 Å². The summed E-state index contributed by atoms with van der Waals surface area (Å²) in [5.41, 5.74) is 3.03. The summed E-state index contributed by atoms with van der Waals surface area (Å²) in [5.74, 6) is -1.28. The second-order valence-corrected chi connectivity index (χ2v) is 10.1. The van der Waals surface area contributed by atoms with E-state index in [9.17, 15) is 22.8 Å². The molecule has 0 N–H and O–H groups in total. The van der Waals surface area contributed by atoms with Crippen LogP contribution in [0.25, 0.3) is 0 Å². The van der Waals surface area contributed by atoms with E-state index in [0.29, 0.717) is 30.0 Å². The van der Waals surface area contributed by atoms with E-state index < -0.39 is 18.0 Å². The molecule has 2 aromatic carbocycles. The minimum atomic E-state index is -4.20. The number of carbonyl (C=O) groups excluding carboxylic acids is 1. The fraction of sp³-hybridized carbons (Fsp3) is 0.414. The minimum Gasteiger partial charge on any atom is -0.336 e. The Hall–Kier alpha value is -3.42. The average Bonchev–Trinajstić information content (AvgIpc) is 2.91. The second kappa shape index (κ2) is 10.1. The zero-order chi connectivity index (χ0) is 26.2. The summed E-state index contributed by atoms with van der Waals surface area (Å²) < 4.78 is 40.8. The molecule has 2 aliphatic rings.